The smallest absolute Gasteiger partial charge is 0.312 e. The van der Waals surface area contributed by atoms with Crippen molar-refractivity contribution in [3.8, 4) is 0 Å². The Balaban J connectivity index is 2.08. The number of urea groups is 1. The lowest BCUT2D eigenvalue weighted by atomic mass is 9.92. The number of anilines is 1. The third-order valence-electron chi connectivity index (χ3n) is 4.69. The van der Waals surface area contributed by atoms with Gasteiger partial charge in [-0.2, -0.15) is 0 Å². The van der Waals surface area contributed by atoms with Crippen molar-refractivity contribution in [3.05, 3.63) is 65.2 Å². The predicted molar refractivity (Wildman–Crippen MR) is 99.0 cm³/mol. The number of nitrogens with two attached hydrogens (primary N) is 1. The Hall–Kier alpha value is -3.15. The van der Waals surface area contributed by atoms with Crippen molar-refractivity contribution in [2.75, 3.05) is 4.90 Å². The second kappa shape index (κ2) is 7.00. The minimum atomic E-state index is -0.756. The molecule has 1 aliphatic rings. The maximum atomic E-state index is 13.0. The van der Waals surface area contributed by atoms with Gasteiger partial charge in [-0.15, -0.1) is 0 Å². The first-order chi connectivity index (χ1) is 12.4. The number of Topliss-reactive ketones (excluding diaryl/α,β-unsaturated/α-hetero) is 1. The first kappa shape index (κ1) is 17.7. The van der Waals surface area contributed by atoms with Crippen LogP contribution in [0.25, 0.3) is 0 Å². The predicted octanol–water partition coefficient (Wildman–Crippen LogP) is 2.58. The Morgan fingerprint density at radius 1 is 1.19 bits per heavy atom. The zero-order valence-electron chi connectivity index (χ0n) is 14.7. The number of amides is 3. The number of nitrogens with zero attached hydrogens (tertiary/aromatic N) is 1. The van der Waals surface area contributed by atoms with Crippen LogP contribution in [0.2, 0.25) is 0 Å². The Labute approximate surface area is 152 Å². The molecule has 1 aliphatic heterocycles. The third-order valence-corrected chi connectivity index (χ3v) is 4.69. The minimum absolute atomic E-state index is 0.0493. The number of ketones is 1. The number of hydrogen-bond acceptors (Lipinski definition) is 3. The van der Waals surface area contributed by atoms with Crippen LogP contribution in [0.4, 0.5) is 10.5 Å². The zero-order chi connectivity index (χ0) is 18.8. The number of carbonyl (C=O) groups excluding carboxylic acids is 3. The first-order valence-electron chi connectivity index (χ1n) is 8.46. The number of fused-ring (bicyclic) bond motifs is 1. The fraction of sp³-hybridized carbons (Fsp3) is 0.250. The second-order valence-corrected chi connectivity index (χ2v) is 6.46. The van der Waals surface area contributed by atoms with E-state index in [1.165, 1.54) is 6.92 Å². The van der Waals surface area contributed by atoms with Crippen molar-refractivity contribution in [3.63, 3.8) is 0 Å². The van der Waals surface area contributed by atoms with Crippen LogP contribution < -0.4 is 16.0 Å². The molecule has 3 rings (SSSR count). The second-order valence-electron chi connectivity index (χ2n) is 6.46. The highest BCUT2D eigenvalue weighted by atomic mass is 16.2. The van der Waals surface area contributed by atoms with E-state index in [9.17, 15) is 14.4 Å². The molecule has 0 bridgehead atoms. The number of benzene rings is 2. The van der Waals surface area contributed by atoms with E-state index in [4.69, 9.17) is 5.73 Å². The Bertz CT molecular complexity index is 864. The molecular weight excluding hydrogens is 330 g/mol. The molecule has 6 heteroatoms. The molecule has 2 aromatic carbocycles. The molecule has 0 saturated heterocycles. The average molecular weight is 351 g/mol. The van der Waals surface area contributed by atoms with Crippen molar-refractivity contribution in [2.45, 2.75) is 32.4 Å². The van der Waals surface area contributed by atoms with Gasteiger partial charge < -0.3 is 16.0 Å². The van der Waals surface area contributed by atoms with Gasteiger partial charge in [-0.1, -0.05) is 30.3 Å². The van der Waals surface area contributed by atoms with Gasteiger partial charge in [0, 0.05) is 17.7 Å². The molecule has 0 radical (unpaired) electrons. The summed E-state index contributed by atoms with van der Waals surface area (Å²) in [5.41, 5.74) is 8.37. The highest BCUT2D eigenvalue weighted by Crippen LogP contribution is 2.35. The lowest BCUT2D eigenvalue weighted by Gasteiger charge is -2.38. The summed E-state index contributed by atoms with van der Waals surface area (Å²) < 4.78 is 0. The van der Waals surface area contributed by atoms with Gasteiger partial charge in [-0.3, -0.25) is 9.59 Å². The Morgan fingerprint density at radius 2 is 1.88 bits per heavy atom. The summed E-state index contributed by atoms with van der Waals surface area (Å²) >= 11 is 0. The topological polar surface area (TPSA) is 92.5 Å². The fourth-order valence-electron chi connectivity index (χ4n) is 3.36. The molecule has 0 aromatic heterocycles. The fourth-order valence-corrected chi connectivity index (χ4v) is 3.36. The van der Waals surface area contributed by atoms with Gasteiger partial charge in [0.15, 0.2) is 5.78 Å². The van der Waals surface area contributed by atoms with Crippen LogP contribution in [-0.4, -0.2) is 23.8 Å². The van der Waals surface area contributed by atoms with E-state index in [2.05, 4.69) is 5.32 Å². The van der Waals surface area contributed by atoms with Crippen LogP contribution in [0.1, 0.15) is 41.4 Å². The van der Waals surface area contributed by atoms with Crippen molar-refractivity contribution in [1.29, 1.82) is 0 Å². The highest BCUT2D eigenvalue weighted by Gasteiger charge is 2.36. The normalized spacial score (nSPS) is 17.4. The monoisotopic (exact) mass is 351 g/mol. The summed E-state index contributed by atoms with van der Waals surface area (Å²) in [5, 5.41) is 2.52. The molecule has 2 atom stereocenters. The Kier molecular flexibility index (Phi) is 4.75. The SMILES string of the molecule is CC(=O)c1ccc2c(c1)C[C@@H](NC(N)=O)C(=O)N2[C@@H](C)c1ccccc1. The van der Waals surface area contributed by atoms with E-state index in [1.54, 1.807) is 23.1 Å². The van der Waals surface area contributed by atoms with Gasteiger partial charge in [0.1, 0.15) is 6.04 Å². The van der Waals surface area contributed by atoms with Crippen LogP contribution in [0.3, 0.4) is 0 Å². The summed E-state index contributed by atoms with van der Waals surface area (Å²) in [6, 6.07) is 13.2. The lowest BCUT2D eigenvalue weighted by molar-refractivity contribution is -0.121. The highest BCUT2D eigenvalue weighted by molar-refractivity contribution is 6.03. The lowest BCUT2D eigenvalue weighted by Crippen LogP contribution is -2.54. The number of nitrogens with one attached hydrogen (secondary N) is 1. The molecule has 2 aromatic rings. The van der Waals surface area contributed by atoms with Crippen LogP contribution in [0.5, 0.6) is 0 Å². The summed E-state index contributed by atoms with van der Waals surface area (Å²) in [6.45, 7) is 3.43. The van der Waals surface area contributed by atoms with Crippen molar-refractivity contribution >= 4 is 23.4 Å². The summed E-state index contributed by atoms with van der Waals surface area (Å²) in [5.74, 6) is -0.269. The molecule has 134 valence electrons. The van der Waals surface area contributed by atoms with E-state index < -0.39 is 12.1 Å². The summed E-state index contributed by atoms with van der Waals surface area (Å²) in [7, 11) is 0. The molecule has 3 N–H and O–H groups in total. The standard InChI is InChI=1S/C20H21N3O3/c1-12(14-6-4-3-5-7-14)23-18-9-8-15(13(2)24)10-16(18)11-17(19(23)25)22-20(21)26/h3-10,12,17H,11H2,1-2H3,(H3,21,22,26)/t12-,17+/m0/s1. The molecule has 0 unspecified atom stereocenters. The quantitative estimate of drug-likeness (QED) is 0.829. The van der Waals surface area contributed by atoms with Gasteiger partial charge in [0.05, 0.1) is 6.04 Å². The van der Waals surface area contributed by atoms with Crippen LogP contribution in [0.15, 0.2) is 48.5 Å². The molecule has 0 spiro atoms. The molecule has 0 fully saturated rings. The minimum Gasteiger partial charge on any atom is -0.352 e. The molecule has 3 amide bonds. The van der Waals surface area contributed by atoms with E-state index in [0.717, 1.165) is 16.8 Å². The number of primary amides is 1. The maximum absolute atomic E-state index is 13.0. The van der Waals surface area contributed by atoms with E-state index in [-0.39, 0.29) is 17.7 Å². The first-order valence-corrected chi connectivity index (χ1v) is 8.46. The van der Waals surface area contributed by atoms with Crippen LogP contribution >= 0.6 is 0 Å². The van der Waals surface area contributed by atoms with E-state index in [1.807, 2.05) is 37.3 Å². The van der Waals surface area contributed by atoms with Gasteiger partial charge in [-0.05, 0) is 43.2 Å². The number of carbonyl (C=O) groups is 3. The number of rotatable bonds is 4. The largest absolute Gasteiger partial charge is 0.352 e. The molecule has 6 nitrogen and oxygen atoms in total. The van der Waals surface area contributed by atoms with Crippen LogP contribution in [-0.2, 0) is 11.2 Å². The summed E-state index contributed by atoms with van der Waals surface area (Å²) in [4.78, 5) is 37.8. The van der Waals surface area contributed by atoms with Crippen LogP contribution in [0, 0.1) is 0 Å². The third kappa shape index (κ3) is 3.31. The molecule has 0 saturated carbocycles. The molecule has 1 heterocycles. The maximum Gasteiger partial charge on any atom is 0.312 e. The van der Waals surface area contributed by atoms with Gasteiger partial charge in [0.25, 0.3) is 5.91 Å². The van der Waals surface area contributed by atoms with Gasteiger partial charge in [-0.25, -0.2) is 4.79 Å². The van der Waals surface area contributed by atoms with Crippen molar-refractivity contribution in [1.82, 2.24) is 5.32 Å². The van der Waals surface area contributed by atoms with E-state index in [0.29, 0.717) is 12.0 Å². The van der Waals surface area contributed by atoms with Gasteiger partial charge in [0.2, 0.25) is 0 Å². The average Bonchev–Trinajstić information content (AvgIpc) is 2.62. The van der Waals surface area contributed by atoms with E-state index >= 15 is 0 Å². The molecule has 0 aliphatic carbocycles. The number of hydrogen-bond donors (Lipinski definition) is 2. The molecule has 26 heavy (non-hydrogen) atoms. The van der Waals surface area contributed by atoms with Crippen molar-refractivity contribution in [2.24, 2.45) is 5.73 Å². The molecular formula is C20H21N3O3. The van der Waals surface area contributed by atoms with Gasteiger partial charge >= 0.3 is 6.03 Å². The zero-order valence-corrected chi connectivity index (χ0v) is 14.7. The van der Waals surface area contributed by atoms with Crippen molar-refractivity contribution < 1.29 is 14.4 Å². The summed E-state index contributed by atoms with van der Waals surface area (Å²) in [6.07, 6.45) is 0.302. The Morgan fingerprint density at radius 3 is 2.50 bits per heavy atom.